The molecule has 2 aliphatic rings. The van der Waals surface area contributed by atoms with Gasteiger partial charge in [-0.25, -0.2) is 0 Å². The van der Waals surface area contributed by atoms with E-state index in [0.29, 0.717) is 6.42 Å². The Labute approximate surface area is 155 Å². The van der Waals surface area contributed by atoms with Crippen LogP contribution in [0.1, 0.15) is 60.8 Å². The molecule has 4 nitrogen and oxygen atoms in total. The van der Waals surface area contributed by atoms with Crippen molar-refractivity contribution in [1.82, 2.24) is 9.88 Å². The predicted octanol–water partition coefficient (Wildman–Crippen LogP) is 3.58. The number of likely N-dealkylation sites (tertiary alicyclic amines) is 1. The molecule has 4 rings (SSSR count). The molecule has 136 valence electrons. The smallest absolute Gasteiger partial charge is 0.240 e. The van der Waals surface area contributed by atoms with Crippen molar-refractivity contribution in [1.29, 1.82) is 0 Å². The Morgan fingerprint density at radius 2 is 1.92 bits per heavy atom. The molecule has 0 radical (unpaired) electrons. The molecule has 2 fully saturated rings. The van der Waals surface area contributed by atoms with Crippen LogP contribution < -0.4 is 5.73 Å². The Morgan fingerprint density at radius 1 is 1.12 bits per heavy atom. The summed E-state index contributed by atoms with van der Waals surface area (Å²) in [7, 11) is 0. The van der Waals surface area contributed by atoms with Crippen molar-refractivity contribution in [2.75, 3.05) is 6.54 Å². The third kappa shape index (κ3) is 3.80. The molecule has 1 aromatic heterocycles. The molecular weight excluding hydrogens is 322 g/mol. The van der Waals surface area contributed by atoms with Gasteiger partial charge in [0, 0.05) is 18.9 Å². The highest BCUT2D eigenvalue weighted by Crippen LogP contribution is 2.40. The van der Waals surface area contributed by atoms with Crippen LogP contribution in [-0.2, 0) is 11.2 Å². The second-order valence-electron chi connectivity index (χ2n) is 7.66. The standard InChI is InChI=1S/C22H27N3O/c23-20(14-16-6-8-17(9-7-16)18-10-11-18)22(26)25-13-2-1-5-21(25)19-4-3-12-24-15-19/h3-4,6-9,12,15,18,20-21H,1-2,5,10-11,13-14,23H2. The average molecular weight is 349 g/mol. The van der Waals surface area contributed by atoms with E-state index in [9.17, 15) is 4.79 Å². The number of carbonyl (C=O) groups is 1. The van der Waals surface area contributed by atoms with Crippen molar-refractivity contribution in [2.45, 2.75) is 56.5 Å². The number of amides is 1. The van der Waals surface area contributed by atoms with Gasteiger partial charge >= 0.3 is 0 Å². The minimum Gasteiger partial charge on any atom is -0.334 e. The van der Waals surface area contributed by atoms with Gasteiger partial charge in [-0.05, 0) is 67.2 Å². The molecule has 1 saturated carbocycles. The van der Waals surface area contributed by atoms with E-state index < -0.39 is 6.04 Å². The zero-order valence-corrected chi connectivity index (χ0v) is 15.2. The number of nitrogens with two attached hydrogens (primary N) is 1. The maximum absolute atomic E-state index is 13.1. The molecule has 1 aliphatic carbocycles. The number of carbonyl (C=O) groups excluding carboxylic acids is 1. The van der Waals surface area contributed by atoms with E-state index in [1.54, 1.807) is 6.20 Å². The summed E-state index contributed by atoms with van der Waals surface area (Å²) in [6.45, 7) is 0.784. The molecule has 2 N–H and O–H groups in total. The molecule has 1 amide bonds. The van der Waals surface area contributed by atoms with Crippen molar-refractivity contribution in [3.05, 3.63) is 65.5 Å². The number of hydrogen-bond donors (Lipinski definition) is 1. The third-order valence-electron chi connectivity index (χ3n) is 5.66. The first kappa shape index (κ1) is 17.2. The zero-order chi connectivity index (χ0) is 17.9. The lowest BCUT2D eigenvalue weighted by Gasteiger charge is -2.37. The van der Waals surface area contributed by atoms with Crippen molar-refractivity contribution in [3.63, 3.8) is 0 Å². The van der Waals surface area contributed by atoms with Crippen LogP contribution in [0.5, 0.6) is 0 Å². The van der Waals surface area contributed by atoms with Crippen molar-refractivity contribution >= 4 is 5.91 Å². The Kier molecular flexibility index (Phi) is 5.02. The SMILES string of the molecule is NC(Cc1ccc(C2CC2)cc1)C(=O)N1CCCCC1c1cccnc1. The second-order valence-corrected chi connectivity index (χ2v) is 7.66. The van der Waals surface area contributed by atoms with Gasteiger partial charge in [-0.15, -0.1) is 0 Å². The van der Waals surface area contributed by atoms with Gasteiger partial charge in [0.15, 0.2) is 0 Å². The second kappa shape index (κ2) is 7.58. The van der Waals surface area contributed by atoms with Crippen LogP contribution >= 0.6 is 0 Å². The highest BCUT2D eigenvalue weighted by atomic mass is 16.2. The summed E-state index contributed by atoms with van der Waals surface area (Å²) in [6, 6.07) is 12.3. The first-order valence-corrected chi connectivity index (χ1v) is 9.77. The fourth-order valence-corrected chi connectivity index (χ4v) is 4.01. The molecule has 4 heteroatoms. The monoisotopic (exact) mass is 349 g/mol. The minimum atomic E-state index is -0.487. The Hall–Kier alpha value is -2.20. The summed E-state index contributed by atoms with van der Waals surface area (Å²) in [4.78, 5) is 19.3. The van der Waals surface area contributed by atoms with Gasteiger partial charge in [-0.2, -0.15) is 0 Å². The summed E-state index contributed by atoms with van der Waals surface area (Å²) >= 11 is 0. The van der Waals surface area contributed by atoms with Gasteiger partial charge < -0.3 is 10.6 Å². The molecule has 0 bridgehead atoms. The third-order valence-corrected chi connectivity index (χ3v) is 5.66. The van der Waals surface area contributed by atoms with E-state index in [1.165, 1.54) is 18.4 Å². The summed E-state index contributed by atoms with van der Waals surface area (Å²) in [5.74, 6) is 0.817. The summed E-state index contributed by atoms with van der Waals surface area (Å²) < 4.78 is 0. The van der Waals surface area contributed by atoms with E-state index in [2.05, 4.69) is 35.3 Å². The minimum absolute atomic E-state index is 0.0600. The Balaban J connectivity index is 1.44. The van der Waals surface area contributed by atoms with Crippen LogP contribution in [0.4, 0.5) is 0 Å². The molecule has 1 aliphatic heterocycles. The van der Waals surface area contributed by atoms with Crippen LogP contribution in [0.2, 0.25) is 0 Å². The largest absolute Gasteiger partial charge is 0.334 e. The van der Waals surface area contributed by atoms with Crippen LogP contribution in [-0.4, -0.2) is 28.4 Å². The topological polar surface area (TPSA) is 59.2 Å². The molecule has 0 spiro atoms. The fraction of sp³-hybridized carbons (Fsp3) is 0.455. The van der Waals surface area contributed by atoms with Crippen LogP contribution in [0.25, 0.3) is 0 Å². The summed E-state index contributed by atoms with van der Waals surface area (Å²) in [5, 5.41) is 0. The normalized spacial score (nSPS) is 21.4. The average Bonchev–Trinajstić information content (AvgIpc) is 3.54. The zero-order valence-electron chi connectivity index (χ0n) is 15.2. The maximum atomic E-state index is 13.1. The predicted molar refractivity (Wildman–Crippen MR) is 103 cm³/mol. The lowest BCUT2D eigenvalue weighted by Crippen LogP contribution is -2.48. The Morgan fingerprint density at radius 3 is 2.62 bits per heavy atom. The van der Waals surface area contributed by atoms with Crippen molar-refractivity contribution in [3.8, 4) is 0 Å². The van der Waals surface area contributed by atoms with E-state index >= 15 is 0 Å². The van der Waals surface area contributed by atoms with E-state index in [0.717, 1.165) is 42.9 Å². The molecule has 2 heterocycles. The molecule has 1 saturated heterocycles. The molecule has 2 aromatic rings. The van der Waals surface area contributed by atoms with Gasteiger partial charge in [0.2, 0.25) is 5.91 Å². The maximum Gasteiger partial charge on any atom is 0.240 e. The number of aromatic nitrogens is 1. The molecule has 2 atom stereocenters. The van der Waals surface area contributed by atoms with Crippen molar-refractivity contribution in [2.24, 2.45) is 5.73 Å². The summed E-state index contributed by atoms with van der Waals surface area (Å²) in [5.41, 5.74) is 10.00. The van der Waals surface area contributed by atoms with Gasteiger partial charge in [-0.1, -0.05) is 30.3 Å². The molecular formula is C22H27N3O. The van der Waals surface area contributed by atoms with E-state index in [4.69, 9.17) is 5.73 Å². The number of piperidine rings is 1. The van der Waals surface area contributed by atoms with Crippen LogP contribution in [0.3, 0.4) is 0 Å². The fourth-order valence-electron chi connectivity index (χ4n) is 4.01. The quantitative estimate of drug-likeness (QED) is 0.897. The highest BCUT2D eigenvalue weighted by molar-refractivity contribution is 5.82. The Bertz CT molecular complexity index is 740. The number of hydrogen-bond acceptors (Lipinski definition) is 3. The number of nitrogens with zero attached hydrogens (tertiary/aromatic N) is 2. The van der Waals surface area contributed by atoms with Gasteiger partial charge in [0.25, 0.3) is 0 Å². The molecule has 26 heavy (non-hydrogen) atoms. The highest BCUT2D eigenvalue weighted by Gasteiger charge is 2.31. The molecule has 1 aromatic carbocycles. The van der Waals surface area contributed by atoms with Gasteiger partial charge in [0.1, 0.15) is 0 Å². The first-order valence-electron chi connectivity index (χ1n) is 9.77. The number of benzene rings is 1. The number of rotatable bonds is 5. The lowest BCUT2D eigenvalue weighted by molar-refractivity contribution is -0.136. The first-order chi connectivity index (χ1) is 12.7. The summed E-state index contributed by atoms with van der Waals surface area (Å²) in [6.07, 6.45) is 10.0. The van der Waals surface area contributed by atoms with Gasteiger partial charge in [0.05, 0.1) is 12.1 Å². The van der Waals surface area contributed by atoms with Gasteiger partial charge in [-0.3, -0.25) is 9.78 Å². The number of pyridine rings is 1. The van der Waals surface area contributed by atoms with Crippen LogP contribution in [0.15, 0.2) is 48.8 Å². The van der Waals surface area contributed by atoms with Crippen LogP contribution in [0, 0.1) is 0 Å². The van der Waals surface area contributed by atoms with Crippen molar-refractivity contribution < 1.29 is 4.79 Å². The van der Waals surface area contributed by atoms with E-state index in [1.807, 2.05) is 17.2 Å². The lowest BCUT2D eigenvalue weighted by atomic mass is 9.94. The molecule has 2 unspecified atom stereocenters. The van der Waals surface area contributed by atoms with E-state index in [-0.39, 0.29) is 11.9 Å².